The third kappa shape index (κ3) is 3.19. The molecule has 0 aromatic rings. The minimum absolute atomic E-state index is 0.0142. The number of likely N-dealkylation sites (tertiary alicyclic amines) is 1. The highest BCUT2D eigenvalue weighted by molar-refractivity contribution is 5.01. The first-order valence-electron chi connectivity index (χ1n) is 8.41. The van der Waals surface area contributed by atoms with Gasteiger partial charge in [-0.25, -0.2) is 0 Å². The summed E-state index contributed by atoms with van der Waals surface area (Å²) in [6.45, 7) is 2.76. The maximum absolute atomic E-state index is 9.93. The summed E-state index contributed by atoms with van der Waals surface area (Å²) < 4.78 is 0. The van der Waals surface area contributed by atoms with Gasteiger partial charge in [0.25, 0.3) is 0 Å². The van der Waals surface area contributed by atoms with Crippen molar-refractivity contribution in [2.45, 2.75) is 68.6 Å². The van der Waals surface area contributed by atoms with Crippen LogP contribution in [0.3, 0.4) is 0 Å². The lowest BCUT2D eigenvalue weighted by Crippen LogP contribution is -2.56. The van der Waals surface area contributed by atoms with Gasteiger partial charge in [-0.05, 0) is 59.0 Å². The van der Waals surface area contributed by atoms with Gasteiger partial charge in [0.1, 0.15) is 0 Å². The molecule has 3 unspecified atom stereocenters. The number of aliphatic hydroxyl groups is 1. The number of likely N-dealkylation sites (N-methyl/N-ethyl adjacent to an activating group) is 1. The van der Waals surface area contributed by atoms with Crippen molar-refractivity contribution in [3.8, 4) is 0 Å². The summed E-state index contributed by atoms with van der Waals surface area (Å²) in [6, 6.07) is 2.08. The van der Waals surface area contributed by atoms with Gasteiger partial charge in [0.15, 0.2) is 0 Å². The standard InChI is InChI=1S/C16H31N3O/c1-18(2)15-7-9-19(11-15)14-4-3-8-16(10-14,12-20)17-13-5-6-13/h13-15,17,20H,3-12H2,1-2H3. The molecule has 1 heterocycles. The molecule has 3 aliphatic rings. The first kappa shape index (κ1) is 14.8. The molecule has 2 aliphatic carbocycles. The molecule has 0 aromatic carbocycles. The number of hydrogen-bond acceptors (Lipinski definition) is 4. The lowest BCUT2D eigenvalue weighted by Gasteiger charge is -2.44. The molecular formula is C16H31N3O. The van der Waals surface area contributed by atoms with Crippen LogP contribution < -0.4 is 5.32 Å². The molecule has 3 fully saturated rings. The zero-order chi connectivity index (χ0) is 14.2. The minimum atomic E-state index is 0.0142. The van der Waals surface area contributed by atoms with E-state index in [1.807, 2.05) is 0 Å². The third-order valence-electron chi connectivity index (χ3n) is 5.65. The van der Waals surface area contributed by atoms with Gasteiger partial charge in [-0.3, -0.25) is 4.90 Å². The second-order valence-corrected chi connectivity index (χ2v) is 7.51. The van der Waals surface area contributed by atoms with Crippen molar-refractivity contribution in [3.63, 3.8) is 0 Å². The monoisotopic (exact) mass is 281 g/mol. The summed E-state index contributed by atoms with van der Waals surface area (Å²) in [7, 11) is 4.39. The Morgan fingerprint density at radius 2 is 2.05 bits per heavy atom. The summed E-state index contributed by atoms with van der Waals surface area (Å²) >= 11 is 0. The van der Waals surface area contributed by atoms with Gasteiger partial charge in [0.05, 0.1) is 6.61 Å². The normalized spacial score (nSPS) is 39.6. The van der Waals surface area contributed by atoms with E-state index in [1.165, 1.54) is 45.2 Å². The van der Waals surface area contributed by atoms with E-state index in [-0.39, 0.29) is 5.54 Å². The van der Waals surface area contributed by atoms with Gasteiger partial charge in [-0.15, -0.1) is 0 Å². The molecular weight excluding hydrogens is 250 g/mol. The van der Waals surface area contributed by atoms with Crippen molar-refractivity contribution in [1.82, 2.24) is 15.1 Å². The molecule has 20 heavy (non-hydrogen) atoms. The molecule has 4 heteroatoms. The zero-order valence-electron chi connectivity index (χ0n) is 13.1. The van der Waals surface area contributed by atoms with E-state index < -0.39 is 0 Å². The van der Waals surface area contributed by atoms with Crippen LogP contribution in [-0.2, 0) is 0 Å². The molecule has 2 N–H and O–H groups in total. The maximum Gasteiger partial charge on any atom is 0.0613 e. The predicted molar refractivity (Wildman–Crippen MR) is 81.9 cm³/mol. The molecule has 4 nitrogen and oxygen atoms in total. The quantitative estimate of drug-likeness (QED) is 0.790. The number of aliphatic hydroxyl groups excluding tert-OH is 1. The van der Waals surface area contributed by atoms with Crippen LogP contribution in [0.4, 0.5) is 0 Å². The SMILES string of the molecule is CN(C)C1CCN(C2CCCC(CO)(NC3CC3)C2)C1. The Balaban J connectivity index is 1.59. The second kappa shape index (κ2) is 5.91. The summed E-state index contributed by atoms with van der Waals surface area (Å²) in [5, 5.41) is 13.7. The molecule has 0 amide bonds. The zero-order valence-corrected chi connectivity index (χ0v) is 13.1. The fourth-order valence-electron chi connectivity index (χ4n) is 4.15. The van der Waals surface area contributed by atoms with E-state index in [0.717, 1.165) is 18.9 Å². The van der Waals surface area contributed by atoms with E-state index in [2.05, 4.69) is 29.2 Å². The number of nitrogens with one attached hydrogen (secondary N) is 1. The van der Waals surface area contributed by atoms with Gasteiger partial charge < -0.3 is 15.3 Å². The van der Waals surface area contributed by atoms with Gasteiger partial charge >= 0.3 is 0 Å². The van der Waals surface area contributed by atoms with Crippen molar-refractivity contribution >= 4 is 0 Å². The van der Waals surface area contributed by atoms with Gasteiger partial charge in [0.2, 0.25) is 0 Å². The first-order chi connectivity index (χ1) is 9.62. The highest BCUT2D eigenvalue weighted by atomic mass is 16.3. The summed E-state index contributed by atoms with van der Waals surface area (Å²) in [5.41, 5.74) is 0.0142. The van der Waals surface area contributed by atoms with Crippen molar-refractivity contribution in [2.75, 3.05) is 33.8 Å². The van der Waals surface area contributed by atoms with Crippen LogP contribution in [0.5, 0.6) is 0 Å². The van der Waals surface area contributed by atoms with E-state index in [9.17, 15) is 5.11 Å². The third-order valence-corrected chi connectivity index (χ3v) is 5.65. The lowest BCUT2D eigenvalue weighted by molar-refractivity contribution is 0.0650. The fraction of sp³-hybridized carbons (Fsp3) is 1.00. The highest BCUT2D eigenvalue weighted by Gasteiger charge is 2.42. The molecule has 0 radical (unpaired) electrons. The summed E-state index contributed by atoms with van der Waals surface area (Å²) in [5.74, 6) is 0. The Labute approximate surface area is 123 Å². The van der Waals surface area contributed by atoms with Gasteiger partial charge in [0, 0.05) is 36.8 Å². The number of hydrogen-bond donors (Lipinski definition) is 2. The fourth-order valence-corrected chi connectivity index (χ4v) is 4.15. The van der Waals surface area contributed by atoms with Crippen molar-refractivity contribution in [2.24, 2.45) is 0 Å². The van der Waals surface area contributed by atoms with Gasteiger partial charge in [-0.2, -0.15) is 0 Å². The van der Waals surface area contributed by atoms with Crippen LogP contribution in [0.25, 0.3) is 0 Å². The van der Waals surface area contributed by atoms with Crippen molar-refractivity contribution in [1.29, 1.82) is 0 Å². The van der Waals surface area contributed by atoms with E-state index in [0.29, 0.717) is 18.7 Å². The topological polar surface area (TPSA) is 38.7 Å². The molecule has 3 rings (SSSR count). The van der Waals surface area contributed by atoms with E-state index in [1.54, 1.807) is 0 Å². The van der Waals surface area contributed by atoms with Crippen LogP contribution in [0.1, 0.15) is 44.9 Å². The van der Waals surface area contributed by atoms with Crippen LogP contribution in [0.2, 0.25) is 0 Å². The predicted octanol–water partition coefficient (Wildman–Crippen LogP) is 1.05. The second-order valence-electron chi connectivity index (χ2n) is 7.51. The van der Waals surface area contributed by atoms with Crippen LogP contribution >= 0.6 is 0 Å². The average Bonchev–Trinajstić information content (AvgIpc) is 3.10. The largest absolute Gasteiger partial charge is 0.394 e. The minimum Gasteiger partial charge on any atom is -0.394 e. The summed E-state index contributed by atoms with van der Waals surface area (Å²) in [6.07, 6.45) is 8.77. The Kier molecular flexibility index (Phi) is 4.37. The molecule has 2 saturated carbocycles. The Morgan fingerprint density at radius 3 is 2.65 bits per heavy atom. The van der Waals surface area contributed by atoms with Crippen LogP contribution in [0, 0.1) is 0 Å². The lowest BCUT2D eigenvalue weighted by atomic mass is 9.78. The Hall–Kier alpha value is -0.160. The molecule has 0 aromatic heterocycles. The smallest absolute Gasteiger partial charge is 0.0613 e. The Morgan fingerprint density at radius 1 is 1.25 bits per heavy atom. The number of nitrogens with zero attached hydrogens (tertiary/aromatic N) is 2. The molecule has 3 atom stereocenters. The van der Waals surface area contributed by atoms with E-state index >= 15 is 0 Å². The molecule has 116 valence electrons. The van der Waals surface area contributed by atoms with Gasteiger partial charge in [-0.1, -0.05) is 0 Å². The summed E-state index contributed by atoms with van der Waals surface area (Å²) in [4.78, 5) is 5.05. The average molecular weight is 281 g/mol. The number of rotatable bonds is 5. The van der Waals surface area contributed by atoms with Crippen molar-refractivity contribution in [3.05, 3.63) is 0 Å². The molecule has 0 bridgehead atoms. The Bertz CT molecular complexity index is 332. The molecule has 0 spiro atoms. The van der Waals surface area contributed by atoms with Crippen LogP contribution in [0.15, 0.2) is 0 Å². The van der Waals surface area contributed by atoms with Crippen LogP contribution in [-0.4, -0.2) is 72.4 Å². The van der Waals surface area contributed by atoms with Crippen molar-refractivity contribution < 1.29 is 5.11 Å². The highest BCUT2D eigenvalue weighted by Crippen LogP contribution is 2.35. The molecule has 1 aliphatic heterocycles. The maximum atomic E-state index is 9.93. The van der Waals surface area contributed by atoms with E-state index in [4.69, 9.17) is 0 Å². The first-order valence-corrected chi connectivity index (χ1v) is 8.41. The molecule has 1 saturated heterocycles.